The average Bonchev–Trinajstić information content (AvgIpc) is 2.95. The molecule has 0 aliphatic carbocycles. The summed E-state index contributed by atoms with van der Waals surface area (Å²) in [6.07, 6.45) is 4.30. The number of rotatable bonds is 5. The molecule has 1 aromatic carbocycles. The van der Waals surface area contributed by atoms with Crippen molar-refractivity contribution < 1.29 is 4.74 Å². The maximum Gasteiger partial charge on any atom is 0.163 e. The zero-order valence-corrected chi connectivity index (χ0v) is 12.9. The fraction of sp³-hybridized carbons (Fsp3) is 0.312. The van der Waals surface area contributed by atoms with Gasteiger partial charge < -0.3 is 10.1 Å². The van der Waals surface area contributed by atoms with Crippen LogP contribution in [0, 0.1) is 0 Å². The van der Waals surface area contributed by atoms with Gasteiger partial charge in [-0.2, -0.15) is 5.10 Å². The third-order valence-corrected chi connectivity index (χ3v) is 3.77. The summed E-state index contributed by atoms with van der Waals surface area (Å²) in [7, 11) is 3.55. The fourth-order valence-corrected chi connectivity index (χ4v) is 2.50. The highest BCUT2D eigenvalue weighted by atomic mass is 16.5. The van der Waals surface area contributed by atoms with Gasteiger partial charge in [0.1, 0.15) is 17.9 Å². The van der Waals surface area contributed by atoms with Gasteiger partial charge in [0.2, 0.25) is 0 Å². The van der Waals surface area contributed by atoms with E-state index in [1.807, 2.05) is 19.2 Å². The van der Waals surface area contributed by atoms with Gasteiger partial charge in [0.15, 0.2) is 5.65 Å². The molecule has 0 fully saturated rings. The van der Waals surface area contributed by atoms with Gasteiger partial charge in [-0.25, -0.2) is 9.97 Å². The number of hydrogen-bond donors (Lipinski definition) is 1. The number of hydrogen-bond acceptors (Lipinski definition) is 5. The molecule has 6 heteroatoms. The molecule has 2 aromatic heterocycles. The van der Waals surface area contributed by atoms with E-state index < -0.39 is 0 Å². The smallest absolute Gasteiger partial charge is 0.163 e. The summed E-state index contributed by atoms with van der Waals surface area (Å²) in [5, 5.41) is 8.66. The Balaban J connectivity index is 1.90. The van der Waals surface area contributed by atoms with Crippen LogP contribution in [0.5, 0.6) is 5.75 Å². The molecule has 0 radical (unpaired) electrons. The Morgan fingerprint density at radius 3 is 2.68 bits per heavy atom. The highest BCUT2D eigenvalue weighted by Gasteiger charge is 2.13. The number of aryl methyl sites for hydroxylation is 1. The van der Waals surface area contributed by atoms with Gasteiger partial charge in [-0.05, 0) is 24.1 Å². The highest BCUT2D eigenvalue weighted by Crippen LogP contribution is 2.26. The largest absolute Gasteiger partial charge is 0.497 e. The summed E-state index contributed by atoms with van der Waals surface area (Å²) in [6.45, 7) is 2.14. The van der Waals surface area contributed by atoms with E-state index in [4.69, 9.17) is 4.74 Å². The Morgan fingerprint density at radius 1 is 1.23 bits per heavy atom. The molecular formula is C16H19N5O. The third-order valence-electron chi connectivity index (χ3n) is 3.77. The minimum Gasteiger partial charge on any atom is -0.497 e. The molecule has 0 unspecified atom stereocenters. The van der Waals surface area contributed by atoms with Crippen LogP contribution >= 0.6 is 0 Å². The van der Waals surface area contributed by atoms with Crippen LogP contribution in [0.25, 0.3) is 11.0 Å². The van der Waals surface area contributed by atoms with Gasteiger partial charge in [0, 0.05) is 7.05 Å². The van der Waals surface area contributed by atoms with E-state index in [0.29, 0.717) is 0 Å². The standard InChI is InChI=1S/C16H19N5O/c1-4-14(11-5-7-12(22-3)8-6-11)20-15-13-9-19-21(2)16(13)18-10-17-15/h5-10,14H,4H2,1-3H3,(H,17,18,20)/t14-/m0/s1. The van der Waals surface area contributed by atoms with Crippen LogP contribution in [0.3, 0.4) is 0 Å². The summed E-state index contributed by atoms with van der Waals surface area (Å²) in [5.74, 6) is 1.66. The number of aromatic nitrogens is 4. The van der Waals surface area contributed by atoms with E-state index in [1.54, 1.807) is 24.3 Å². The van der Waals surface area contributed by atoms with Crippen molar-refractivity contribution in [3.8, 4) is 5.75 Å². The second kappa shape index (κ2) is 6.01. The quantitative estimate of drug-likeness (QED) is 0.784. The zero-order valence-electron chi connectivity index (χ0n) is 12.9. The summed E-state index contributed by atoms with van der Waals surface area (Å²) in [6, 6.07) is 8.26. The van der Waals surface area contributed by atoms with Crippen molar-refractivity contribution in [2.45, 2.75) is 19.4 Å². The van der Waals surface area contributed by atoms with Crippen LogP contribution in [0.2, 0.25) is 0 Å². The first-order valence-corrected chi connectivity index (χ1v) is 7.26. The second-order valence-electron chi connectivity index (χ2n) is 5.11. The zero-order chi connectivity index (χ0) is 15.5. The SMILES string of the molecule is CC[C@H](Nc1ncnc2c1cnn2C)c1ccc(OC)cc1. The van der Waals surface area contributed by atoms with E-state index in [0.717, 1.165) is 29.0 Å². The van der Waals surface area contributed by atoms with Crippen molar-refractivity contribution >= 4 is 16.9 Å². The molecule has 2 heterocycles. The predicted octanol–water partition coefficient (Wildman–Crippen LogP) is 2.94. The van der Waals surface area contributed by atoms with Gasteiger partial charge >= 0.3 is 0 Å². The van der Waals surface area contributed by atoms with Crippen molar-refractivity contribution in [1.29, 1.82) is 0 Å². The molecule has 0 amide bonds. The van der Waals surface area contributed by atoms with Crippen molar-refractivity contribution in [3.63, 3.8) is 0 Å². The number of nitrogens with one attached hydrogen (secondary N) is 1. The first-order chi connectivity index (χ1) is 10.7. The molecule has 0 saturated carbocycles. The maximum atomic E-state index is 5.21. The van der Waals surface area contributed by atoms with Crippen molar-refractivity contribution in [2.75, 3.05) is 12.4 Å². The number of ether oxygens (including phenoxy) is 1. The van der Waals surface area contributed by atoms with Crippen molar-refractivity contribution in [2.24, 2.45) is 7.05 Å². The number of fused-ring (bicyclic) bond motifs is 1. The molecule has 6 nitrogen and oxygen atoms in total. The van der Waals surface area contributed by atoms with E-state index in [2.05, 4.69) is 39.4 Å². The Bertz CT molecular complexity index is 766. The lowest BCUT2D eigenvalue weighted by atomic mass is 10.0. The van der Waals surface area contributed by atoms with E-state index in [-0.39, 0.29) is 6.04 Å². The maximum absolute atomic E-state index is 5.21. The van der Waals surface area contributed by atoms with Crippen LogP contribution in [0.1, 0.15) is 24.9 Å². The van der Waals surface area contributed by atoms with Crippen molar-refractivity contribution in [3.05, 3.63) is 42.4 Å². The molecule has 0 bridgehead atoms. The molecule has 0 aliphatic heterocycles. The Morgan fingerprint density at radius 2 is 2.00 bits per heavy atom. The Kier molecular flexibility index (Phi) is 3.91. The monoisotopic (exact) mass is 297 g/mol. The molecule has 22 heavy (non-hydrogen) atoms. The summed E-state index contributed by atoms with van der Waals surface area (Å²) >= 11 is 0. The van der Waals surface area contributed by atoms with Crippen LogP contribution in [-0.2, 0) is 7.05 Å². The van der Waals surface area contributed by atoms with Gasteiger partial charge in [0.25, 0.3) is 0 Å². The summed E-state index contributed by atoms with van der Waals surface area (Å²) in [4.78, 5) is 8.63. The first kappa shape index (κ1) is 14.3. The van der Waals surface area contributed by atoms with Gasteiger partial charge in [-0.3, -0.25) is 4.68 Å². The van der Waals surface area contributed by atoms with Crippen LogP contribution in [0.4, 0.5) is 5.82 Å². The minimum absolute atomic E-state index is 0.171. The molecule has 1 N–H and O–H groups in total. The average molecular weight is 297 g/mol. The van der Waals surface area contributed by atoms with Crippen LogP contribution in [-0.4, -0.2) is 26.9 Å². The molecule has 1 atom stereocenters. The molecule has 3 aromatic rings. The Labute approximate surface area is 129 Å². The number of anilines is 1. The van der Waals surface area contributed by atoms with Crippen LogP contribution < -0.4 is 10.1 Å². The lowest BCUT2D eigenvalue weighted by molar-refractivity contribution is 0.414. The normalized spacial score (nSPS) is 12.3. The molecule has 0 spiro atoms. The molecule has 0 saturated heterocycles. The van der Waals surface area contributed by atoms with Gasteiger partial charge in [-0.1, -0.05) is 19.1 Å². The second-order valence-corrected chi connectivity index (χ2v) is 5.11. The lowest BCUT2D eigenvalue weighted by Gasteiger charge is -2.18. The van der Waals surface area contributed by atoms with Crippen LogP contribution in [0.15, 0.2) is 36.8 Å². The summed E-state index contributed by atoms with van der Waals surface area (Å²) in [5.41, 5.74) is 2.01. The highest BCUT2D eigenvalue weighted by molar-refractivity contribution is 5.86. The molecular weight excluding hydrogens is 278 g/mol. The number of nitrogens with zero attached hydrogens (tertiary/aromatic N) is 4. The van der Waals surface area contributed by atoms with Gasteiger partial charge in [0.05, 0.1) is 24.7 Å². The topological polar surface area (TPSA) is 64.9 Å². The Hall–Kier alpha value is -2.63. The van der Waals surface area contributed by atoms with E-state index in [9.17, 15) is 0 Å². The van der Waals surface area contributed by atoms with E-state index in [1.165, 1.54) is 5.56 Å². The number of methoxy groups -OCH3 is 1. The minimum atomic E-state index is 0.171. The predicted molar refractivity (Wildman–Crippen MR) is 86.0 cm³/mol. The van der Waals surface area contributed by atoms with Crippen molar-refractivity contribution in [1.82, 2.24) is 19.7 Å². The fourth-order valence-electron chi connectivity index (χ4n) is 2.50. The third kappa shape index (κ3) is 2.59. The first-order valence-electron chi connectivity index (χ1n) is 7.26. The van der Waals surface area contributed by atoms with E-state index >= 15 is 0 Å². The summed E-state index contributed by atoms with van der Waals surface area (Å²) < 4.78 is 6.96. The molecule has 0 aliphatic rings. The van der Waals surface area contributed by atoms with Gasteiger partial charge in [-0.15, -0.1) is 0 Å². The number of benzene rings is 1. The lowest BCUT2D eigenvalue weighted by Crippen LogP contribution is -2.11. The molecule has 114 valence electrons. The molecule has 3 rings (SSSR count).